The minimum absolute atomic E-state index is 0.00338. The number of rotatable bonds is 5. The third-order valence-electron chi connectivity index (χ3n) is 3.87. The average Bonchev–Trinajstić information content (AvgIpc) is 3.32. The molecule has 2 amide bonds. The number of hydrogen-bond donors (Lipinski definition) is 2. The molecule has 1 aromatic carbocycles. The number of ether oxygens (including phenoxy) is 1. The highest BCUT2D eigenvalue weighted by atomic mass is 16.5. The topological polar surface area (TPSA) is 84.7 Å². The van der Waals surface area contributed by atoms with Gasteiger partial charge in [-0.2, -0.15) is 0 Å². The van der Waals surface area contributed by atoms with Gasteiger partial charge in [0, 0.05) is 12.6 Å². The quantitative estimate of drug-likeness (QED) is 0.814. The Labute approximate surface area is 123 Å². The molecule has 3 N–H and O–H groups in total. The highest BCUT2D eigenvalue weighted by Gasteiger charge is 2.30. The van der Waals surface area contributed by atoms with E-state index < -0.39 is 0 Å². The summed E-state index contributed by atoms with van der Waals surface area (Å²) in [6.45, 7) is 0.423. The van der Waals surface area contributed by atoms with Crippen LogP contribution in [-0.4, -0.2) is 37.6 Å². The first-order valence-corrected chi connectivity index (χ1v) is 7.19. The molecule has 0 saturated heterocycles. The van der Waals surface area contributed by atoms with Crippen LogP contribution in [0.15, 0.2) is 24.3 Å². The minimum atomic E-state index is -0.213. The molecule has 1 heterocycles. The van der Waals surface area contributed by atoms with Gasteiger partial charge >= 0.3 is 0 Å². The molecule has 1 aliphatic carbocycles. The van der Waals surface area contributed by atoms with Gasteiger partial charge in [0.2, 0.25) is 5.91 Å². The zero-order valence-corrected chi connectivity index (χ0v) is 11.7. The molecule has 2 aliphatic rings. The van der Waals surface area contributed by atoms with Crippen molar-refractivity contribution in [3.8, 4) is 5.75 Å². The fourth-order valence-electron chi connectivity index (χ4n) is 2.45. The largest absolute Gasteiger partial charge is 0.482 e. The fraction of sp³-hybridized carbons (Fsp3) is 0.467. The second-order valence-electron chi connectivity index (χ2n) is 5.54. The van der Waals surface area contributed by atoms with E-state index in [1.54, 1.807) is 12.1 Å². The summed E-state index contributed by atoms with van der Waals surface area (Å²) in [4.78, 5) is 25.4. The predicted octanol–water partition coefficient (Wildman–Crippen LogP) is 0.266. The van der Waals surface area contributed by atoms with Crippen LogP contribution in [0.3, 0.4) is 0 Å². The molecule has 6 heteroatoms. The Morgan fingerprint density at radius 3 is 2.95 bits per heavy atom. The van der Waals surface area contributed by atoms with Crippen molar-refractivity contribution < 1.29 is 14.3 Å². The summed E-state index contributed by atoms with van der Waals surface area (Å²) in [6, 6.07) is 7.23. The van der Waals surface area contributed by atoms with Gasteiger partial charge in [0.05, 0.1) is 5.69 Å². The Morgan fingerprint density at radius 2 is 2.19 bits per heavy atom. The monoisotopic (exact) mass is 289 g/mol. The third kappa shape index (κ3) is 3.16. The number of carbonyl (C=O) groups is 2. The van der Waals surface area contributed by atoms with Crippen molar-refractivity contribution in [2.75, 3.05) is 24.6 Å². The predicted molar refractivity (Wildman–Crippen MR) is 78.0 cm³/mol. The lowest BCUT2D eigenvalue weighted by Crippen LogP contribution is -2.47. The maximum atomic E-state index is 12.0. The Bertz CT molecular complexity index is 557. The smallest absolute Gasteiger partial charge is 0.265 e. The van der Waals surface area contributed by atoms with E-state index >= 15 is 0 Å². The van der Waals surface area contributed by atoms with Crippen LogP contribution in [0.25, 0.3) is 0 Å². The second kappa shape index (κ2) is 5.73. The van der Waals surface area contributed by atoms with Gasteiger partial charge in [-0.1, -0.05) is 12.1 Å². The van der Waals surface area contributed by atoms with Crippen LogP contribution in [0.2, 0.25) is 0 Å². The molecule has 1 atom stereocenters. The molecular weight excluding hydrogens is 270 g/mol. The summed E-state index contributed by atoms with van der Waals surface area (Å²) in [5.74, 6) is 0.752. The molecule has 1 aliphatic heterocycles. The molecule has 0 bridgehead atoms. The summed E-state index contributed by atoms with van der Waals surface area (Å²) in [5.41, 5.74) is 6.58. The molecule has 1 saturated carbocycles. The van der Waals surface area contributed by atoms with Crippen LogP contribution >= 0.6 is 0 Å². The lowest BCUT2D eigenvalue weighted by atomic mass is 10.2. The van der Waals surface area contributed by atoms with Crippen molar-refractivity contribution in [2.45, 2.75) is 18.9 Å². The van der Waals surface area contributed by atoms with Crippen LogP contribution < -0.4 is 20.7 Å². The SMILES string of the molecule is NC(CNC(=O)CN1C(=O)COc2ccccc21)C1CC1. The first-order valence-electron chi connectivity index (χ1n) is 7.19. The van der Waals surface area contributed by atoms with Crippen molar-refractivity contribution in [2.24, 2.45) is 11.7 Å². The van der Waals surface area contributed by atoms with E-state index in [0.717, 1.165) is 12.8 Å². The maximum Gasteiger partial charge on any atom is 0.265 e. The van der Waals surface area contributed by atoms with E-state index in [4.69, 9.17) is 10.5 Å². The van der Waals surface area contributed by atoms with Crippen LogP contribution in [0.4, 0.5) is 5.69 Å². The van der Waals surface area contributed by atoms with Crippen LogP contribution in [0, 0.1) is 5.92 Å². The first kappa shape index (κ1) is 13.9. The van der Waals surface area contributed by atoms with E-state index in [1.807, 2.05) is 12.1 Å². The van der Waals surface area contributed by atoms with Gasteiger partial charge in [-0.3, -0.25) is 14.5 Å². The van der Waals surface area contributed by atoms with Crippen molar-refractivity contribution in [1.29, 1.82) is 0 Å². The highest BCUT2D eigenvalue weighted by Crippen LogP contribution is 2.32. The lowest BCUT2D eigenvalue weighted by Gasteiger charge is -2.28. The maximum absolute atomic E-state index is 12.0. The van der Waals surface area contributed by atoms with Gasteiger partial charge in [-0.05, 0) is 30.9 Å². The van der Waals surface area contributed by atoms with Crippen LogP contribution in [-0.2, 0) is 9.59 Å². The zero-order valence-electron chi connectivity index (χ0n) is 11.7. The van der Waals surface area contributed by atoms with E-state index in [0.29, 0.717) is 23.9 Å². The number of nitrogens with one attached hydrogen (secondary N) is 1. The number of carbonyl (C=O) groups excluding carboxylic acids is 2. The van der Waals surface area contributed by atoms with Gasteiger partial charge in [0.15, 0.2) is 6.61 Å². The van der Waals surface area contributed by atoms with Gasteiger partial charge in [0.25, 0.3) is 5.91 Å². The number of para-hydroxylation sites is 2. The Balaban J connectivity index is 1.60. The standard InChI is InChI=1S/C15H19N3O3/c16-11(10-5-6-10)7-17-14(19)8-18-12-3-1-2-4-13(12)21-9-15(18)20/h1-4,10-11H,5-9,16H2,(H,17,19). The molecule has 0 radical (unpaired) electrons. The van der Waals surface area contributed by atoms with Gasteiger partial charge < -0.3 is 15.8 Å². The molecule has 1 aromatic rings. The van der Waals surface area contributed by atoms with Crippen LogP contribution in [0.5, 0.6) is 5.75 Å². The second-order valence-corrected chi connectivity index (χ2v) is 5.54. The summed E-state index contributed by atoms with van der Waals surface area (Å²) < 4.78 is 5.34. The summed E-state index contributed by atoms with van der Waals surface area (Å²) >= 11 is 0. The molecule has 0 aromatic heterocycles. The number of nitrogens with two attached hydrogens (primary N) is 1. The molecule has 112 valence electrons. The molecular formula is C15H19N3O3. The Hall–Kier alpha value is -2.08. The Morgan fingerprint density at radius 1 is 1.43 bits per heavy atom. The van der Waals surface area contributed by atoms with E-state index in [9.17, 15) is 9.59 Å². The minimum Gasteiger partial charge on any atom is -0.482 e. The molecule has 1 unspecified atom stereocenters. The zero-order chi connectivity index (χ0) is 14.8. The van der Waals surface area contributed by atoms with Crippen molar-refractivity contribution in [1.82, 2.24) is 5.32 Å². The first-order chi connectivity index (χ1) is 10.1. The third-order valence-corrected chi connectivity index (χ3v) is 3.87. The number of fused-ring (bicyclic) bond motifs is 1. The summed E-state index contributed by atoms with van der Waals surface area (Å²) in [5, 5.41) is 2.80. The van der Waals surface area contributed by atoms with E-state index in [2.05, 4.69) is 5.32 Å². The average molecular weight is 289 g/mol. The van der Waals surface area contributed by atoms with Gasteiger partial charge in [-0.15, -0.1) is 0 Å². The Kier molecular flexibility index (Phi) is 3.79. The van der Waals surface area contributed by atoms with Crippen molar-refractivity contribution >= 4 is 17.5 Å². The molecule has 3 rings (SSSR count). The fourth-order valence-corrected chi connectivity index (χ4v) is 2.45. The number of hydrogen-bond acceptors (Lipinski definition) is 4. The number of benzene rings is 1. The lowest BCUT2D eigenvalue weighted by molar-refractivity contribution is -0.125. The number of amides is 2. The number of anilines is 1. The molecule has 21 heavy (non-hydrogen) atoms. The summed E-state index contributed by atoms with van der Waals surface area (Å²) in [7, 11) is 0. The molecule has 1 fully saturated rings. The van der Waals surface area contributed by atoms with Crippen molar-refractivity contribution in [3.05, 3.63) is 24.3 Å². The van der Waals surface area contributed by atoms with Gasteiger partial charge in [-0.25, -0.2) is 0 Å². The highest BCUT2D eigenvalue weighted by molar-refractivity contribution is 6.02. The normalized spacial score (nSPS) is 18.7. The summed E-state index contributed by atoms with van der Waals surface area (Å²) in [6.07, 6.45) is 2.29. The molecule has 6 nitrogen and oxygen atoms in total. The number of nitrogens with zero attached hydrogens (tertiary/aromatic N) is 1. The molecule has 0 spiro atoms. The van der Waals surface area contributed by atoms with Gasteiger partial charge in [0.1, 0.15) is 12.3 Å². The van der Waals surface area contributed by atoms with Crippen molar-refractivity contribution in [3.63, 3.8) is 0 Å². The van der Waals surface area contributed by atoms with Crippen LogP contribution in [0.1, 0.15) is 12.8 Å². The van der Waals surface area contributed by atoms with E-state index in [1.165, 1.54) is 4.90 Å². The van der Waals surface area contributed by atoms with E-state index in [-0.39, 0.29) is 31.0 Å².